The highest BCUT2D eigenvalue weighted by molar-refractivity contribution is 5.51. The van der Waals surface area contributed by atoms with E-state index in [-0.39, 0.29) is 0 Å². The van der Waals surface area contributed by atoms with Crippen molar-refractivity contribution in [3.05, 3.63) is 29.8 Å². The van der Waals surface area contributed by atoms with E-state index in [1.807, 2.05) is 0 Å². The van der Waals surface area contributed by atoms with Crippen molar-refractivity contribution in [2.45, 2.75) is 45.8 Å². The van der Waals surface area contributed by atoms with Crippen LogP contribution in [0.4, 0.5) is 5.69 Å². The van der Waals surface area contributed by atoms with Crippen molar-refractivity contribution in [2.75, 3.05) is 12.4 Å². The fourth-order valence-electron chi connectivity index (χ4n) is 3.02. The molecule has 0 heterocycles. The molecule has 1 N–H and O–H groups in total. The zero-order valence-corrected chi connectivity index (χ0v) is 11.8. The van der Waals surface area contributed by atoms with Gasteiger partial charge in [0, 0.05) is 24.4 Å². The Labute approximate surface area is 111 Å². The molecule has 0 amide bonds. The molecule has 3 unspecified atom stereocenters. The summed E-state index contributed by atoms with van der Waals surface area (Å²) < 4.78 is 5.26. The van der Waals surface area contributed by atoms with Gasteiger partial charge in [-0.3, -0.25) is 0 Å². The van der Waals surface area contributed by atoms with Crippen molar-refractivity contribution in [3.8, 4) is 0 Å². The van der Waals surface area contributed by atoms with Gasteiger partial charge in [-0.1, -0.05) is 32.0 Å². The number of hydrogen-bond donors (Lipinski definition) is 1. The lowest BCUT2D eigenvalue weighted by Crippen LogP contribution is -2.33. The van der Waals surface area contributed by atoms with Crippen molar-refractivity contribution >= 4 is 5.69 Å². The molecular weight excluding hydrogens is 222 g/mol. The van der Waals surface area contributed by atoms with E-state index in [9.17, 15) is 0 Å². The Balaban J connectivity index is 2.04. The summed E-state index contributed by atoms with van der Waals surface area (Å²) in [5.74, 6) is 1.64. The van der Waals surface area contributed by atoms with Crippen LogP contribution in [-0.4, -0.2) is 13.2 Å². The van der Waals surface area contributed by atoms with E-state index in [2.05, 4.69) is 43.4 Å². The number of rotatable bonds is 4. The molecule has 1 saturated carbocycles. The fraction of sp³-hybridized carbons (Fsp3) is 0.625. The molecule has 0 radical (unpaired) electrons. The first kappa shape index (κ1) is 13.4. The first-order valence-corrected chi connectivity index (χ1v) is 7.04. The molecule has 1 aromatic carbocycles. The number of para-hydroxylation sites is 1. The zero-order valence-electron chi connectivity index (χ0n) is 11.8. The summed E-state index contributed by atoms with van der Waals surface area (Å²) in [7, 11) is 1.75. The maximum absolute atomic E-state index is 5.26. The van der Waals surface area contributed by atoms with Crippen LogP contribution >= 0.6 is 0 Å². The number of nitrogens with one attached hydrogen (secondary N) is 1. The molecule has 2 nitrogen and oxygen atoms in total. The summed E-state index contributed by atoms with van der Waals surface area (Å²) >= 11 is 0. The van der Waals surface area contributed by atoms with Crippen LogP contribution in [0.2, 0.25) is 0 Å². The Bertz CT molecular complexity index is 377. The highest BCUT2D eigenvalue weighted by Gasteiger charge is 2.25. The molecule has 2 heteroatoms. The molecule has 0 aromatic heterocycles. The van der Waals surface area contributed by atoms with Crippen LogP contribution in [0.5, 0.6) is 0 Å². The normalized spacial score (nSPS) is 28.1. The molecule has 0 aliphatic heterocycles. The Morgan fingerprint density at radius 1 is 1.22 bits per heavy atom. The Kier molecular flexibility index (Phi) is 4.65. The van der Waals surface area contributed by atoms with Crippen molar-refractivity contribution in [1.29, 1.82) is 0 Å². The van der Waals surface area contributed by atoms with Crippen LogP contribution in [0.25, 0.3) is 0 Å². The second kappa shape index (κ2) is 6.24. The first-order valence-electron chi connectivity index (χ1n) is 7.04. The molecule has 3 atom stereocenters. The molecule has 1 aliphatic rings. The molecule has 0 bridgehead atoms. The third kappa shape index (κ3) is 3.26. The lowest BCUT2D eigenvalue weighted by atomic mass is 9.80. The van der Waals surface area contributed by atoms with E-state index in [1.165, 1.54) is 30.5 Å². The predicted octanol–water partition coefficient (Wildman–Crippen LogP) is 4.07. The van der Waals surface area contributed by atoms with Gasteiger partial charge in [0.15, 0.2) is 0 Å². The Morgan fingerprint density at radius 2 is 2.00 bits per heavy atom. The lowest BCUT2D eigenvalue weighted by molar-refractivity contribution is 0.185. The van der Waals surface area contributed by atoms with Crippen LogP contribution in [0.3, 0.4) is 0 Å². The van der Waals surface area contributed by atoms with Crippen LogP contribution < -0.4 is 5.32 Å². The average molecular weight is 247 g/mol. The molecule has 1 aromatic rings. The highest BCUT2D eigenvalue weighted by Crippen LogP contribution is 2.31. The SMILES string of the molecule is COCc1ccccc1NC1CCC(C)CC1C. The van der Waals surface area contributed by atoms with E-state index in [0.717, 1.165) is 11.8 Å². The topological polar surface area (TPSA) is 21.3 Å². The standard InChI is InChI=1S/C16H25NO/c1-12-8-9-15(13(2)10-12)17-16-7-5-4-6-14(16)11-18-3/h4-7,12-13,15,17H,8-11H2,1-3H3. The number of benzene rings is 1. The van der Waals surface area contributed by atoms with Crippen LogP contribution in [0.1, 0.15) is 38.7 Å². The summed E-state index contributed by atoms with van der Waals surface area (Å²) in [6.07, 6.45) is 3.96. The second-order valence-corrected chi connectivity index (χ2v) is 5.74. The van der Waals surface area contributed by atoms with Gasteiger partial charge in [-0.15, -0.1) is 0 Å². The van der Waals surface area contributed by atoms with E-state index in [4.69, 9.17) is 4.74 Å². The van der Waals surface area contributed by atoms with Crippen molar-refractivity contribution in [1.82, 2.24) is 0 Å². The minimum Gasteiger partial charge on any atom is -0.382 e. The summed E-state index contributed by atoms with van der Waals surface area (Å²) in [5, 5.41) is 3.72. The molecule has 1 aliphatic carbocycles. The summed E-state index contributed by atoms with van der Waals surface area (Å²) in [4.78, 5) is 0. The van der Waals surface area contributed by atoms with Gasteiger partial charge in [-0.05, 0) is 37.2 Å². The van der Waals surface area contributed by atoms with E-state index in [1.54, 1.807) is 7.11 Å². The Morgan fingerprint density at radius 3 is 2.72 bits per heavy atom. The number of hydrogen-bond acceptors (Lipinski definition) is 2. The summed E-state index contributed by atoms with van der Waals surface area (Å²) in [6, 6.07) is 9.09. The van der Waals surface area contributed by atoms with Crippen molar-refractivity contribution < 1.29 is 4.74 Å². The number of methoxy groups -OCH3 is 1. The van der Waals surface area contributed by atoms with Gasteiger partial charge >= 0.3 is 0 Å². The quantitative estimate of drug-likeness (QED) is 0.866. The van der Waals surface area contributed by atoms with Gasteiger partial charge in [0.25, 0.3) is 0 Å². The van der Waals surface area contributed by atoms with E-state index >= 15 is 0 Å². The van der Waals surface area contributed by atoms with Crippen molar-refractivity contribution in [3.63, 3.8) is 0 Å². The smallest absolute Gasteiger partial charge is 0.0733 e. The van der Waals surface area contributed by atoms with E-state index < -0.39 is 0 Å². The first-order chi connectivity index (χ1) is 8.70. The van der Waals surface area contributed by atoms with Crippen LogP contribution in [0, 0.1) is 11.8 Å². The molecule has 0 saturated heterocycles. The molecule has 0 spiro atoms. The van der Waals surface area contributed by atoms with Gasteiger partial charge < -0.3 is 10.1 Å². The minimum atomic E-state index is 0.610. The largest absolute Gasteiger partial charge is 0.382 e. The van der Waals surface area contributed by atoms with Gasteiger partial charge in [-0.25, -0.2) is 0 Å². The molecule has 2 rings (SSSR count). The fourth-order valence-corrected chi connectivity index (χ4v) is 3.02. The van der Waals surface area contributed by atoms with Gasteiger partial charge in [-0.2, -0.15) is 0 Å². The molecule has 100 valence electrons. The average Bonchev–Trinajstić information content (AvgIpc) is 2.35. The van der Waals surface area contributed by atoms with Gasteiger partial charge in [0.2, 0.25) is 0 Å². The second-order valence-electron chi connectivity index (χ2n) is 5.74. The predicted molar refractivity (Wildman–Crippen MR) is 76.7 cm³/mol. The lowest BCUT2D eigenvalue weighted by Gasteiger charge is -2.34. The van der Waals surface area contributed by atoms with E-state index in [0.29, 0.717) is 12.6 Å². The Hall–Kier alpha value is -1.02. The third-order valence-electron chi connectivity index (χ3n) is 4.09. The van der Waals surface area contributed by atoms with Crippen LogP contribution in [0.15, 0.2) is 24.3 Å². The number of anilines is 1. The van der Waals surface area contributed by atoms with Gasteiger partial charge in [0.1, 0.15) is 0 Å². The summed E-state index contributed by atoms with van der Waals surface area (Å²) in [6.45, 7) is 5.42. The maximum Gasteiger partial charge on any atom is 0.0733 e. The number of ether oxygens (including phenoxy) is 1. The van der Waals surface area contributed by atoms with Crippen molar-refractivity contribution in [2.24, 2.45) is 11.8 Å². The minimum absolute atomic E-state index is 0.610. The summed E-state index contributed by atoms with van der Waals surface area (Å²) in [5.41, 5.74) is 2.50. The molecule has 1 fully saturated rings. The molecule has 18 heavy (non-hydrogen) atoms. The van der Waals surface area contributed by atoms with Gasteiger partial charge in [0.05, 0.1) is 6.61 Å². The third-order valence-corrected chi connectivity index (χ3v) is 4.09. The maximum atomic E-state index is 5.26. The zero-order chi connectivity index (χ0) is 13.0. The highest BCUT2D eigenvalue weighted by atomic mass is 16.5. The molecular formula is C16H25NO. The van der Waals surface area contributed by atoms with Crippen LogP contribution in [-0.2, 0) is 11.3 Å². The monoisotopic (exact) mass is 247 g/mol.